The molecule has 2 amide bonds. The lowest BCUT2D eigenvalue weighted by Crippen LogP contribution is -2.31. The van der Waals surface area contributed by atoms with E-state index in [9.17, 15) is 4.79 Å². The van der Waals surface area contributed by atoms with E-state index in [1.807, 2.05) is 0 Å². The van der Waals surface area contributed by atoms with Crippen LogP contribution in [0, 0.1) is 0 Å². The van der Waals surface area contributed by atoms with Crippen LogP contribution in [0.3, 0.4) is 0 Å². The van der Waals surface area contributed by atoms with Crippen molar-refractivity contribution in [1.29, 1.82) is 0 Å². The first-order valence-corrected chi connectivity index (χ1v) is 6.65. The minimum absolute atomic E-state index is 0.0539. The molecule has 98 valence electrons. The monoisotopic (exact) mass is 333 g/mol. The van der Waals surface area contributed by atoms with Crippen LogP contribution < -0.4 is 15.8 Å². The van der Waals surface area contributed by atoms with Gasteiger partial charge in [0.25, 0.3) is 0 Å². The Morgan fingerprint density at radius 1 is 1.56 bits per heavy atom. The number of halogens is 2. The Morgan fingerprint density at radius 3 is 2.94 bits per heavy atom. The highest BCUT2D eigenvalue weighted by molar-refractivity contribution is 9.10. The van der Waals surface area contributed by atoms with Crippen molar-refractivity contribution in [2.75, 3.05) is 32.0 Å². The van der Waals surface area contributed by atoms with Crippen LogP contribution in [0.4, 0.5) is 10.5 Å². The Bertz CT molecular complexity index is 447. The summed E-state index contributed by atoms with van der Waals surface area (Å²) in [7, 11) is 0. The number of carbonyl (C=O) groups is 1. The van der Waals surface area contributed by atoms with Crippen LogP contribution >= 0.6 is 27.5 Å². The van der Waals surface area contributed by atoms with Crippen molar-refractivity contribution < 1.29 is 9.53 Å². The molecule has 1 aromatic rings. The van der Waals surface area contributed by atoms with E-state index >= 15 is 0 Å². The zero-order valence-electron chi connectivity index (χ0n) is 9.58. The molecule has 0 unspecified atom stereocenters. The van der Waals surface area contributed by atoms with Gasteiger partial charge in [-0.05, 0) is 28.1 Å². The van der Waals surface area contributed by atoms with E-state index in [4.69, 9.17) is 22.1 Å². The van der Waals surface area contributed by atoms with Crippen LogP contribution in [0.15, 0.2) is 16.6 Å². The Balaban J connectivity index is 1.92. The van der Waals surface area contributed by atoms with Crippen molar-refractivity contribution in [3.63, 3.8) is 0 Å². The lowest BCUT2D eigenvalue weighted by molar-refractivity contribution is 0.202. The second-order valence-corrected chi connectivity index (χ2v) is 5.16. The lowest BCUT2D eigenvalue weighted by atomic mass is 10.3. The molecule has 1 fully saturated rings. The molecule has 3 N–H and O–H groups in total. The molecular formula is C11H13BrClN3O2. The highest BCUT2D eigenvalue weighted by atomic mass is 79.9. The summed E-state index contributed by atoms with van der Waals surface area (Å²) >= 11 is 9.19. The van der Waals surface area contributed by atoms with Crippen molar-refractivity contribution in [3.8, 4) is 5.75 Å². The predicted octanol–water partition coefficient (Wildman–Crippen LogP) is 2.09. The number of hydrogen-bond acceptors (Lipinski definition) is 3. The number of nitrogens with two attached hydrogens (primary N) is 1. The van der Waals surface area contributed by atoms with E-state index < -0.39 is 0 Å². The largest absolute Gasteiger partial charge is 0.488 e. The number of nitrogen functional groups attached to an aromatic ring is 1. The average Bonchev–Trinajstić information content (AvgIpc) is 2.68. The minimum atomic E-state index is -0.0539. The van der Waals surface area contributed by atoms with E-state index in [1.165, 1.54) is 0 Å². The summed E-state index contributed by atoms with van der Waals surface area (Å²) in [5.41, 5.74) is 6.28. The van der Waals surface area contributed by atoms with Crippen molar-refractivity contribution in [3.05, 3.63) is 21.6 Å². The first-order valence-electron chi connectivity index (χ1n) is 5.48. The van der Waals surface area contributed by atoms with Crippen molar-refractivity contribution in [1.82, 2.24) is 10.2 Å². The van der Waals surface area contributed by atoms with Gasteiger partial charge in [0.2, 0.25) is 0 Å². The van der Waals surface area contributed by atoms with Gasteiger partial charge in [0, 0.05) is 18.1 Å². The number of ether oxygens (including phenoxy) is 1. The standard InChI is InChI=1S/C11H13BrClN3O2/c12-8-5-7(13)6-9(14)10(8)18-4-3-16-2-1-15-11(16)17/h5-6H,1-4,14H2,(H,15,17). The maximum absolute atomic E-state index is 11.3. The van der Waals surface area contributed by atoms with Gasteiger partial charge in [-0.25, -0.2) is 4.79 Å². The first kappa shape index (κ1) is 13.3. The summed E-state index contributed by atoms with van der Waals surface area (Å²) in [5.74, 6) is 0.555. The molecule has 7 heteroatoms. The third-order valence-electron chi connectivity index (χ3n) is 2.59. The van der Waals surface area contributed by atoms with Gasteiger partial charge in [-0.3, -0.25) is 0 Å². The number of urea groups is 1. The van der Waals surface area contributed by atoms with E-state index in [-0.39, 0.29) is 6.03 Å². The molecule has 0 bridgehead atoms. The van der Waals surface area contributed by atoms with E-state index in [2.05, 4.69) is 21.2 Å². The van der Waals surface area contributed by atoms with Gasteiger partial charge < -0.3 is 20.7 Å². The van der Waals surface area contributed by atoms with Crippen LogP contribution in [-0.2, 0) is 0 Å². The van der Waals surface area contributed by atoms with Crippen LogP contribution in [0.2, 0.25) is 5.02 Å². The Morgan fingerprint density at radius 2 is 2.33 bits per heavy atom. The second-order valence-electron chi connectivity index (χ2n) is 3.87. The smallest absolute Gasteiger partial charge is 0.317 e. The minimum Gasteiger partial charge on any atom is -0.488 e. The highest BCUT2D eigenvalue weighted by Crippen LogP contribution is 2.34. The van der Waals surface area contributed by atoms with Crippen LogP contribution in [0.5, 0.6) is 5.75 Å². The van der Waals surface area contributed by atoms with Gasteiger partial charge in [-0.1, -0.05) is 11.6 Å². The molecule has 18 heavy (non-hydrogen) atoms. The normalized spacial score (nSPS) is 14.8. The zero-order valence-corrected chi connectivity index (χ0v) is 11.9. The maximum atomic E-state index is 11.3. The predicted molar refractivity (Wildman–Crippen MR) is 74.0 cm³/mol. The Hall–Kier alpha value is -1.14. The number of carbonyl (C=O) groups excluding carboxylic acids is 1. The Labute approximate surface area is 118 Å². The molecule has 0 saturated carbocycles. The molecule has 1 aromatic carbocycles. The SMILES string of the molecule is Nc1cc(Cl)cc(Br)c1OCCN1CCNC1=O. The molecule has 0 aliphatic carbocycles. The van der Waals surface area contributed by atoms with Gasteiger partial charge in [-0.2, -0.15) is 0 Å². The Kier molecular flexibility index (Phi) is 4.19. The average molecular weight is 335 g/mol. The number of hydrogen-bond donors (Lipinski definition) is 2. The third kappa shape index (κ3) is 3.00. The van der Waals surface area contributed by atoms with Crippen LogP contribution in [0.1, 0.15) is 0 Å². The molecule has 0 atom stereocenters. The molecular weight excluding hydrogens is 321 g/mol. The molecule has 1 heterocycles. The number of nitrogens with one attached hydrogen (secondary N) is 1. The first-order chi connectivity index (χ1) is 8.58. The van der Waals surface area contributed by atoms with Crippen LogP contribution in [0.25, 0.3) is 0 Å². The summed E-state index contributed by atoms with van der Waals surface area (Å²) in [6.07, 6.45) is 0. The summed E-state index contributed by atoms with van der Waals surface area (Å²) in [5, 5.41) is 3.28. The number of rotatable bonds is 4. The fraction of sp³-hybridized carbons (Fsp3) is 0.364. The van der Waals surface area contributed by atoms with Gasteiger partial charge in [0.05, 0.1) is 16.7 Å². The highest BCUT2D eigenvalue weighted by Gasteiger charge is 2.19. The van der Waals surface area contributed by atoms with E-state index in [1.54, 1.807) is 17.0 Å². The van der Waals surface area contributed by atoms with E-state index in [0.717, 1.165) is 0 Å². The van der Waals surface area contributed by atoms with Gasteiger partial charge in [-0.15, -0.1) is 0 Å². The van der Waals surface area contributed by atoms with Gasteiger partial charge in [0.1, 0.15) is 6.61 Å². The van der Waals surface area contributed by atoms with Gasteiger partial charge >= 0.3 is 6.03 Å². The van der Waals surface area contributed by atoms with Gasteiger partial charge in [0.15, 0.2) is 5.75 Å². The number of amides is 2. The molecule has 2 rings (SSSR count). The summed E-state index contributed by atoms with van der Waals surface area (Å²) in [6.45, 7) is 2.31. The fourth-order valence-electron chi connectivity index (χ4n) is 1.71. The summed E-state index contributed by atoms with van der Waals surface area (Å²) in [6, 6.07) is 3.29. The fourth-order valence-corrected chi connectivity index (χ4v) is 2.66. The molecule has 5 nitrogen and oxygen atoms in total. The van der Waals surface area contributed by atoms with E-state index in [0.29, 0.717) is 47.2 Å². The summed E-state index contributed by atoms with van der Waals surface area (Å²) < 4.78 is 6.29. The molecule has 0 radical (unpaired) electrons. The molecule has 1 saturated heterocycles. The molecule has 1 aliphatic rings. The number of benzene rings is 1. The third-order valence-corrected chi connectivity index (χ3v) is 3.40. The second kappa shape index (κ2) is 5.67. The van der Waals surface area contributed by atoms with Crippen molar-refractivity contribution >= 4 is 39.2 Å². The molecule has 0 spiro atoms. The molecule has 1 aliphatic heterocycles. The number of anilines is 1. The van der Waals surface area contributed by atoms with Crippen molar-refractivity contribution in [2.45, 2.75) is 0 Å². The maximum Gasteiger partial charge on any atom is 0.317 e. The van der Waals surface area contributed by atoms with Crippen LogP contribution in [-0.4, -0.2) is 37.2 Å². The summed E-state index contributed by atoms with van der Waals surface area (Å²) in [4.78, 5) is 13.0. The quantitative estimate of drug-likeness (QED) is 0.829. The number of nitrogens with zero attached hydrogens (tertiary/aromatic N) is 1. The lowest BCUT2D eigenvalue weighted by Gasteiger charge is -2.16. The molecule has 0 aromatic heterocycles. The van der Waals surface area contributed by atoms with Crippen molar-refractivity contribution in [2.24, 2.45) is 0 Å². The topological polar surface area (TPSA) is 67.6 Å². The zero-order chi connectivity index (χ0) is 13.1.